The maximum absolute atomic E-state index is 8.85. The average molecular weight is 171 g/mol. The summed E-state index contributed by atoms with van der Waals surface area (Å²) in [7, 11) is 0. The minimum Gasteiger partial charge on any atom is -0.396 e. The van der Waals surface area contributed by atoms with Gasteiger partial charge in [0.1, 0.15) is 0 Å². The normalized spacial score (nSPS) is 13.4. The number of aliphatic hydroxyl groups excluding tert-OH is 1. The molecule has 1 heterocycles. The van der Waals surface area contributed by atoms with Crippen LogP contribution >= 0.6 is 11.3 Å². The van der Waals surface area contributed by atoms with Crippen molar-refractivity contribution >= 4 is 11.3 Å². The van der Waals surface area contributed by atoms with Gasteiger partial charge in [0.15, 0.2) is 0 Å². The predicted molar refractivity (Wildman–Crippen MR) is 47.0 cm³/mol. The summed E-state index contributed by atoms with van der Waals surface area (Å²) in [4.78, 5) is 5.40. The van der Waals surface area contributed by atoms with E-state index in [1.165, 1.54) is 4.88 Å². The van der Waals surface area contributed by atoms with E-state index in [1.807, 2.05) is 13.1 Å². The topological polar surface area (TPSA) is 33.1 Å². The number of nitrogens with zero attached hydrogens (tertiary/aromatic N) is 1. The van der Waals surface area contributed by atoms with E-state index in [4.69, 9.17) is 5.11 Å². The largest absolute Gasteiger partial charge is 0.396 e. The van der Waals surface area contributed by atoms with Gasteiger partial charge in [0.25, 0.3) is 0 Å². The third-order valence-corrected chi connectivity index (χ3v) is 3.01. The van der Waals surface area contributed by atoms with Crippen LogP contribution in [0.5, 0.6) is 0 Å². The van der Waals surface area contributed by atoms with E-state index in [9.17, 15) is 0 Å². The van der Waals surface area contributed by atoms with Crippen molar-refractivity contribution in [2.24, 2.45) is 0 Å². The van der Waals surface area contributed by atoms with Gasteiger partial charge in [0.2, 0.25) is 0 Å². The van der Waals surface area contributed by atoms with Crippen LogP contribution in [0.15, 0.2) is 6.20 Å². The second-order valence-corrected chi connectivity index (χ2v) is 3.74. The second kappa shape index (κ2) is 3.83. The van der Waals surface area contributed by atoms with E-state index in [1.54, 1.807) is 11.3 Å². The van der Waals surface area contributed by atoms with Gasteiger partial charge >= 0.3 is 0 Å². The van der Waals surface area contributed by atoms with Gasteiger partial charge < -0.3 is 5.11 Å². The summed E-state index contributed by atoms with van der Waals surface area (Å²) in [6.07, 6.45) is 2.85. The molecule has 1 unspecified atom stereocenters. The van der Waals surface area contributed by atoms with Crippen molar-refractivity contribution in [3.05, 3.63) is 16.1 Å². The van der Waals surface area contributed by atoms with Crippen molar-refractivity contribution in [2.75, 3.05) is 6.61 Å². The van der Waals surface area contributed by atoms with Crippen LogP contribution in [0.1, 0.15) is 29.7 Å². The van der Waals surface area contributed by atoms with Crippen LogP contribution in [0.2, 0.25) is 0 Å². The quantitative estimate of drug-likeness (QED) is 0.752. The van der Waals surface area contributed by atoms with Crippen molar-refractivity contribution < 1.29 is 5.11 Å². The molecule has 62 valence electrons. The van der Waals surface area contributed by atoms with Crippen LogP contribution in [-0.2, 0) is 6.42 Å². The molecule has 1 atom stereocenters. The van der Waals surface area contributed by atoms with E-state index in [0.29, 0.717) is 0 Å². The summed E-state index contributed by atoms with van der Waals surface area (Å²) >= 11 is 1.69. The molecule has 1 aromatic heterocycles. The molecule has 0 bridgehead atoms. The maximum atomic E-state index is 8.85. The zero-order valence-electron chi connectivity index (χ0n) is 6.87. The first-order chi connectivity index (χ1) is 5.27. The molecule has 0 aromatic carbocycles. The van der Waals surface area contributed by atoms with Crippen molar-refractivity contribution in [2.45, 2.75) is 26.2 Å². The number of hydrogen-bond donors (Lipinski definition) is 1. The summed E-state index contributed by atoms with van der Waals surface area (Å²) in [5.41, 5.74) is 0. The molecule has 0 saturated heterocycles. The van der Waals surface area contributed by atoms with E-state index < -0.39 is 0 Å². The lowest BCUT2D eigenvalue weighted by Crippen LogP contribution is -1.94. The van der Waals surface area contributed by atoms with Gasteiger partial charge in [-0.25, -0.2) is 4.98 Å². The molecule has 1 aromatic rings. The lowest BCUT2D eigenvalue weighted by atomic mass is 10.2. The summed E-state index contributed by atoms with van der Waals surface area (Å²) in [5.74, 6) is 0.243. The van der Waals surface area contributed by atoms with Gasteiger partial charge in [0.05, 0.1) is 11.6 Å². The zero-order valence-corrected chi connectivity index (χ0v) is 7.69. The standard InChI is InChI=1S/C8H13NOS/c1-3-8-9-4-7(11-8)6(2)5-10/h4,6,10H,3,5H2,1-2H3. The Balaban J connectivity index is 2.71. The third-order valence-electron chi connectivity index (χ3n) is 1.63. The van der Waals surface area contributed by atoms with Crippen LogP contribution in [0.3, 0.4) is 0 Å². The first-order valence-corrected chi connectivity index (χ1v) is 4.65. The smallest absolute Gasteiger partial charge is 0.0925 e. The Kier molecular flexibility index (Phi) is 3.02. The highest BCUT2D eigenvalue weighted by Crippen LogP contribution is 2.21. The van der Waals surface area contributed by atoms with Gasteiger partial charge in [-0.1, -0.05) is 13.8 Å². The van der Waals surface area contributed by atoms with E-state index in [0.717, 1.165) is 11.4 Å². The van der Waals surface area contributed by atoms with Crippen LogP contribution < -0.4 is 0 Å². The molecule has 3 heteroatoms. The maximum Gasteiger partial charge on any atom is 0.0925 e. The highest BCUT2D eigenvalue weighted by Gasteiger charge is 2.06. The Morgan fingerprint density at radius 1 is 1.73 bits per heavy atom. The van der Waals surface area contributed by atoms with Gasteiger partial charge in [-0.05, 0) is 6.42 Å². The highest BCUT2D eigenvalue weighted by atomic mass is 32.1. The molecule has 0 aliphatic rings. The van der Waals surface area contributed by atoms with Crippen LogP contribution in [0.25, 0.3) is 0 Å². The molecule has 2 nitrogen and oxygen atoms in total. The second-order valence-electron chi connectivity index (χ2n) is 2.59. The van der Waals surface area contributed by atoms with Crippen molar-refractivity contribution in [3.8, 4) is 0 Å². The number of aliphatic hydroxyl groups is 1. The lowest BCUT2D eigenvalue weighted by Gasteiger charge is -2.00. The molecule has 0 aliphatic carbocycles. The van der Waals surface area contributed by atoms with Gasteiger partial charge in [-0.15, -0.1) is 11.3 Å². The molecule has 0 radical (unpaired) electrons. The van der Waals surface area contributed by atoms with Gasteiger partial charge in [-0.3, -0.25) is 0 Å². The molecule has 0 amide bonds. The molecule has 11 heavy (non-hydrogen) atoms. The number of rotatable bonds is 3. The van der Waals surface area contributed by atoms with Crippen molar-refractivity contribution in [1.29, 1.82) is 0 Å². The Bertz CT molecular complexity index is 222. The summed E-state index contributed by atoms with van der Waals surface area (Å²) in [6, 6.07) is 0. The van der Waals surface area contributed by atoms with Crippen LogP contribution in [0.4, 0.5) is 0 Å². The Morgan fingerprint density at radius 2 is 2.45 bits per heavy atom. The summed E-state index contributed by atoms with van der Waals surface area (Å²) < 4.78 is 0. The highest BCUT2D eigenvalue weighted by molar-refractivity contribution is 7.11. The van der Waals surface area contributed by atoms with Crippen LogP contribution in [-0.4, -0.2) is 16.7 Å². The first kappa shape index (κ1) is 8.68. The Labute approximate surface area is 70.9 Å². The van der Waals surface area contributed by atoms with Gasteiger partial charge in [0, 0.05) is 17.0 Å². The predicted octanol–water partition coefficient (Wildman–Crippen LogP) is 1.80. The van der Waals surface area contributed by atoms with Crippen molar-refractivity contribution in [3.63, 3.8) is 0 Å². The van der Waals surface area contributed by atoms with Gasteiger partial charge in [-0.2, -0.15) is 0 Å². The fourth-order valence-electron chi connectivity index (χ4n) is 0.806. The van der Waals surface area contributed by atoms with Crippen molar-refractivity contribution in [1.82, 2.24) is 4.98 Å². The number of hydrogen-bond acceptors (Lipinski definition) is 3. The Morgan fingerprint density at radius 3 is 2.91 bits per heavy atom. The molecule has 1 rings (SSSR count). The zero-order chi connectivity index (χ0) is 8.27. The fourth-order valence-corrected chi connectivity index (χ4v) is 1.71. The SMILES string of the molecule is CCc1ncc(C(C)CO)s1. The lowest BCUT2D eigenvalue weighted by molar-refractivity contribution is 0.274. The minimum absolute atomic E-state index is 0.214. The molecule has 0 saturated carbocycles. The van der Waals surface area contributed by atoms with E-state index in [-0.39, 0.29) is 12.5 Å². The molecular formula is C8H13NOS. The van der Waals surface area contributed by atoms with E-state index >= 15 is 0 Å². The van der Waals surface area contributed by atoms with Crippen LogP contribution in [0, 0.1) is 0 Å². The Hall–Kier alpha value is -0.410. The first-order valence-electron chi connectivity index (χ1n) is 3.83. The summed E-state index contributed by atoms with van der Waals surface area (Å²) in [6.45, 7) is 4.31. The minimum atomic E-state index is 0.214. The fraction of sp³-hybridized carbons (Fsp3) is 0.625. The molecule has 0 aliphatic heterocycles. The monoisotopic (exact) mass is 171 g/mol. The number of aryl methyl sites for hydroxylation is 1. The third kappa shape index (κ3) is 2.01. The number of thiazole rings is 1. The molecule has 0 spiro atoms. The number of aromatic nitrogens is 1. The summed E-state index contributed by atoms with van der Waals surface area (Å²) in [5, 5.41) is 10.0. The average Bonchev–Trinajstić information content (AvgIpc) is 2.50. The molecule has 1 N–H and O–H groups in total. The molecular weight excluding hydrogens is 158 g/mol. The van der Waals surface area contributed by atoms with E-state index in [2.05, 4.69) is 11.9 Å². The molecule has 0 fully saturated rings.